The first-order valence-corrected chi connectivity index (χ1v) is 9.27. The maximum atomic E-state index is 12.5. The molecule has 0 fully saturated rings. The van der Waals surface area contributed by atoms with Crippen LogP contribution in [0.25, 0.3) is 16.6 Å². The van der Waals surface area contributed by atoms with E-state index in [1.807, 2.05) is 36.5 Å². The van der Waals surface area contributed by atoms with Crippen molar-refractivity contribution in [3.8, 4) is 5.69 Å². The summed E-state index contributed by atoms with van der Waals surface area (Å²) in [6.07, 6.45) is 3.81. The number of carbonyl (C=O) groups is 1. The second-order valence-corrected chi connectivity index (χ2v) is 6.76. The second-order valence-electron chi connectivity index (χ2n) is 6.76. The molecule has 2 heterocycles. The molecule has 0 N–H and O–H groups in total. The zero-order chi connectivity index (χ0) is 20.2. The van der Waals surface area contributed by atoms with Crippen molar-refractivity contribution in [2.45, 2.75) is 19.5 Å². The van der Waals surface area contributed by atoms with Gasteiger partial charge < -0.3 is 4.90 Å². The smallest absolute Gasteiger partial charge is 0.277 e. The number of carbonyl (C=O) groups excluding carboxylic acids is 1. The average molecular weight is 388 g/mol. The highest BCUT2D eigenvalue weighted by molar-refractivity contribution is 5.77. The molecule has 0 spiro atoms. The highest BCUT2D eigenvalue weighted by Crippen LogP contribution is 2.10. The van der Waals surface area contributed by atoms with Gasteiger partial charge in [-0.1, -0.05) is 35.5 Å². The maximum absolute atomic E-state index is 12.5. The molecule has 0 aliphatic carbocycles. The van der Waals surface area contributed by atoms with Crippen LogP contribution >= 0.6 is 0 Å². The van der Waals surface area contributed by atoms with E-state index < -0.39 is 0 Å². The van der Waals surface area contributed by atoms with Crippen molar-refractivity contribution in [1.29, 1.82) is 0 Å². The Kier molecular flexibility index (Phi) is 5.15. The van der Waals surface area contributed by atoms with Gasteiger partial charge in [0, 0.05) is 31.8 Å². The lowest BCUT2D eigenvalue weighted by Crippen LogP contribution is -2.30. The summed E-state index contributed by atoms with van der Waals surface area (Å²) in [6, 6.07) is 16.8. The van der Waals surface area contributed by atoms with Crippen molar-refractivity contribution in [1.82, 2.24) is 29.7 Å². The van der Waals surface area contributed by atoms with E-state index in [1.165, 1.54) is 4.68 Å². The molecule has 0 saturated carbocycles. The predicted molar refractivity (Wildman–Crippen MR) is 108 cm³/mol. The van der Waals surface area contributed by atoms with Crippen LogP contribution in [-0.4, -0.2) is 42.6 Å². The van der Waals surface area contributed by atoms with Crippen LogP contribution in [0.5, 0.6) is 0 Å². The molecule has 0 saturated heterocycles. The molecule has 2 aromatic carbocycles. The van der Waals surface area contributed by atoms with Crippen LogP contribution in [0.4, 0.5) is 0 Å². The zero-order valence-corrected chi connectivity index (χ0v) is 16.0. The molecule has 0 aliphatic rings. The lowest BCUT2D eigenvalue weighted by Gasteiger charge is -2.16. The first kappa shape index (κ1) is 18.5. The van der Waals surface area contributed by atoms with Crippen molar-refractivity contribution in [2.24, 2.45) is 0 Å². The Bertz CT molecular complexity index is 1200. The Morgan fingerprint density at radius 2 is 1.83 bits per heavy atom. The van der Waals surface area contributed by atoms with Gasteiger partial charge >= 0.3 is 0 Å². The topological polar surface area (TPSA) is 85.9 Å². The second kappa shape index (κ2) is 8.05. The third-order valence-electron chi connectivity index (χ3n) is 4.67. The van der Waals surface area contributed by atoms with Crippen molar-refractivity contribution in [3.05, 3.63) is 82.9 Å². The van der Waals surface area contributed by atoms with Crippen LogP contribution in [-0.2, 0) is 17.9 Å². The summed E-state index contributed by atoms with van der Waals surface area (Å²) < 4.78 is 3.01. The van der Waals surface area contributed by atoms with Gasteiger partial charge in [-0.15, -0.1) is 5.10 Å². The predicted octanol–water partition coefficient (Wildman–Crippen LogP) is 2.03. The fraction of sp³-hybridized carbons (Fsp3) is 0.190. The zero-order valence-electron chi connectivity index (χ0n) is 16.0. The van der Waals surface area contributed by atoms with E-state index in [-0.39, 0.29) is 24.4 Å². The summed E-state index contributed by atoms with van der Waals surface area (Å²) >= 11 is 0. The van der Waals surface area contributed by atoms with E-state index in [0.29, 0.717) is 17.4 Å². The average Bonchev–Trinajstić information content (AvgIpc) is 3.22. The molecule has 4 aromatic rings. The normalized spacial score (nSPS) is 10.9. The Morgan fingerprint density at radius 1 is 1.07 bits per heavy atom. The molecule has 0 bridgehead atoms. The van der Waals surface area contributed by atoms with Crippen LogP contribution in [0, 0.1) is 0 Å². The molecule has 2 aromatic heterocycles. The molecular formula is C21H20N6O2. The summed E-state index contributed by atoms with van der Waals surface area (Å²) in [5.41, 5.74) is 2.19. The third kappa shape index (κ3) is 4.06. The SMILES string of the molecule is CN(Cc1cnn(-c2ccccc2)c1)C(=O)CCn1nnc2ccccc2c1=O. The minimum absolute atomic E-state index is 0.0840. The van der Waals surface area contributed by atoms with Gasteiger partial charge in [0.15, 0.2) is 0 Å². The number of aromatic nitrogens is 5. The Balaban J connectivity index is 1.39. The molecule has 29 heavy (non-hydrogen) atoms. The van der Waals surface area contributed by atoms with E-state index in [0.717, 1.165) is 11.3 Å². The molecule has 8 heteroatoms. The molecule has 0 radical (unpaired) electrons. The van der Waals surface area contributed by atoms with Gasteiger partial charge in [-0.05, 0) is 24.3 Å². The fourth-order valence-corrected chi connectivity index (χ4v) is 3.09. The first-order chi connectivity index (χ1) is 14.1. The summed E-state index contributed by atoms with van der Waals surface area (Å²) in [6.45, 7) is 0.618. The molecule has 0 atom stereocenters. The largest absolute Gasteiger partial charge is 0.341 e. The van der Waals surface area contributed by atoms with E-state index in [4.69, 9.17) is 0 Å². The number of amides is 1. The summed E-state index contributed by atoms with van der Waals surface area (Å²) in [5, 5.41) is 12.8. The lowest BCUT2D eigenvalue weighted by molar-refractivity contribution is -0.130. The number of aryl methyl sites for hydroxylation is 1. The minimum Gasteiger partial charge on any atom is -0.341 e. The third-order valence-corrected chi connectivity index (χ3v) is 4.67. The molecule has 0 unspecified atom stereocenters. The highest BCUT2D eigenvalue weighted by atomic mass is 16.2. The van der Waals surface area contributed by atoms with Crippen molar-refractivity contribution in [2.75, 3.05) is 7.05 Å². The number of benzene rings is 2. The standard InChI is InChI=1S/C21H20N6O2/c1-25(14-16-13-22-27(15-16)17-7-3-2-4-8-17)20(28)11-12-26-21(29)18-9-5-6-10-19(18)23-24-26/h2-10,13,15H,11-12,14H2,1H3. The van der Waals surface area contributed by atoms with E-state index in [1.54, 1.807) is 47.1 Å². The first-order valence-electron chi connectivity index (χ1n) is 9.27. The number of hydrogen-bond acceptors (Lipinski definition) is 5. The van der Waals surface area contributed by atoms with Crippen LogP contribution in [0.15, 0.2) is 71.8 Å². The van der Waals surface area contributed by atoms with Gasteiger partial charge in [-0.2, -0.15) is 5.10 Å². The van der Waals surface area contributed by atoms with Gasteiger partial charge in [0.1, 0.15) is 5.52 Å². The minimum atomic E-state index is -0.241. The van der Waals surface area contributed by atoms with Gasteiger partial charge in [-0.3, -0.25) is 9.59 Å². The highest BCUT2D eigenvalue weighted by Gasteiger charge is 2.13. The molecule has 1 amide bonds. The van der Waals surface area contributed by atoms with Crippen LogP contribution in [0.3, 0.4) is 0 Å². The van der Waals surface area contributed by atoms with Crippen LogP contribution in [0.1, 0.15) is 12.0 Å². The number of fused-ring (bicyclic) bond motifs is 1. The number of para-hydroxylation sites is 1. The monoisotopic (exact) mass is 388 g/mol. The van der Waals surface area contributed by atoms with Crippen molar-refractivity contribution >= 4 is 16.8 Å². The molecule has 4 rings (SSSR count). The van der Waals surface area contributed by atoms with Crippen molar-refractivity contribution in [3.63, 3.8) is 0 Å². The lowest BCUT2D eigenvalue weighted by atomic mass is 10.2. The number of hydrogen-bond donors (Lipinski definition) is 0. The number of nitrogens with zero attached hydrogens (tertiary/aromatic N) is 6. The van der Waals surface area contributed by atoms with Gasteiger partial charge in [-0.25, -0.2) is 9.36 Å². The quantitative estimate of drug-likeness (QED) is 0.504. The molecule has 0 aliphatic heterocycles. The summed E-state index contributed by atoms with van der Waals surface area (Å²) in [5.74, 6) is -0.0840. The molecule has 8 nitrogen and oxygen atoms in total. The number of rotatable bonds is 6. The maximum Gasteiger partial charge on any atom is 0.277 e. The van der Waals surface area contributed by atoms with E-state index >= 15 is 0 Å². The molecular weight excluding hydrogens is 368 g/mol. The summed E-state index contributed by atoms with van der Waals surface area (Å²) in [7, 11) is 1.73. The van der Waals surface area contributed by atoms with Gasteiger partial charge in [0.2, 0.25) is 5.91 Å². The van der Waals surface area contributed by atoms with Gasteiger partial charge in [0.05, 0.1) is 23.8 Å². The van der Waals surface area contributed by atoms with E-state index in [9.17, 15) is 9.59 Å². The van der Waals surface area contributed by atoms with Crippen molar-refractivity contribution < 1.29 is 4.79 Å². The van der Waals surface area contributed by atoms with E-state index in [2.05, 4.69) is 15.4 Å². The van der Waals surface area contributed by atoms with Crippen LogP contribution in [0.2, 0.25) is 0 Å². The Morgan fingerprint density at radius 3 is 2.66 bits per heavy atom. The Labute approximate surface area is 167 Å². The Hall–Kier alpha value is -3.81. The summed E-state index contributed by atoms with van der Waals surface area (Å²) in [4.78, 5) is 26.6. The van der Waals surface area contributed by atoms with Crippen LogP contribution < -0.4 is 5.56 Å². The van der Waals surface area contributed by atoms with Gasteiger partial charge in [0.25, 0.3) is 5.56 Å². The fourth-order valence-electron chi connectivity index (χ4n) is 3.09. The molecule has 146 valence electrons.